The minimum absolute atomic E-state index is 0.179. The van der Waals surface area contributed by atoms with E-state index in [2.05, 4.69) is 27.2 Å². The summed E-state index contributed by atoms with van der Waals surface area (Å²) in [6.07, 6.45) is 6.34. The second-order valence-electron chi connectivity index (χ2n) is 6.53. The summed E-state index contributed by atoms with van der Waals surface area (Å²) in [5, 5.41) is 10.7. The molecule has 8 nitrogen and oxygen atoms in total. The van der Waals surface area contributed by atoms with Crippen LogP contribution in [0.1, 0.15) is 19.8 Å². The van der Waals surface area contributed by atoms with Crippen molar-refractivity contribution in [2.75, 3.05) is 19.3 Å². The highest BCUT2D eigenvalue weighted by Gasteiger charge is 2.46. The van der Waals surface area contributed by atoms with Crippen molar-refractivity contribution >= 4 is 32.4 Å². The minimum atomic E-state index is -3.13. The first-order valence-corrected chi connectivity index (χ1v) is 9.44. The summed E-state index contributed by atoms with van der Waals surface area (Å²) in [7, 11) is -3.13. The van der Waals surface area contributed by atoms with Gasteiger partial charge in [-0.05, 0) is 13.0 Å². The molecule has 0 aliphatic carbocycles. The van der Waals surface area contributed by atoms with Crippen LogP contribution >= 0.6 is 0 Å². The average molecular weight is 335 g/mol. The highest BCUT2D eigenvalue weighted by molar-refractivity contribution is 7.88. The molecule has 2 aliphatic rings. The van der Waals surface area contributed by atoms with Gasteiger partial charge in [-0.15, -0.1) is 0 Å². The van der Waals surface area contributed by atoms with Crippen LogP contribution < -0.4 is 5.01 Å². The molecule has 0 saturated carbocycles. The molecule has 1 saturated heterocycles. The number of hydrogen-bond acceptors (Lipinski definition) is 5. The third-order valence-electron chi connectivity index (χ3n) is 4.93. The number of hydrogen-bond donors (Lipinski definition) is 2. The molecular weight excluding hydrogens is 316 g/mol. The summed E-state index contributed by atoms with van der Waals surface area (Å²) in [6.45, 7) is 3.19. The van der Waals surface area contributed by atoms with Gasteiger partial charge in [-0.3, -0.25) is 0 Å². The Morgan fingerprint density at radius 3 is 2.78 bits per heavy atom. The zero-order valence-corrected chi connectivity index (χ0v) is 13.9. The van der Waals surface area contributed by atoms with Crippen LogP contribution in [0.5, 0.6) is 0 Å². The Bertz CT molecular complexity index is 895. The van der Waals surface area contributed by atoms with Crippen LogP contribution in [0.25, 0.3) is 11.0 Å². The van der Waals surface area contributed by atoms with Crippen molar-refractivity contribution in [1.29, 1.82) is 0 Å². The number of aromatic nitrogens is 2. The van der Waals surface area contributed by atoms with Crippen LogP contribution in [0.3, 0.4) is 0 Å². The number of piperidine rings is 1. The van der Waals surface area contributed by atoms with E-state index in [1.54, 1.807) is 10.5 Å². The third kappa shape index (κ3) is 2.27. The molecule has 0 amide bonds. The van der Waals surface area contributed by atoms with Gasteiger partial charge in [0.1, 0.15) is 11.2 Å². The number of sulfonamides is 1. The van der Waals surface area contributed by atoms with Gasteiger partial charge in [-0.25, -0.2) is 17.7 Å². The van der Waals surface area contributed by atoms with Crippen LogP contribution in [-0.4, -0.2) is 47.6 Å². The molecular formula is C14H19N6O2S+. The van der Waals surface area contributed by atoms with Gasteiger partial charge in [-0.1, -0.05) is 5.11 Å². The second-order valence-corrected chi connectivity index (χ2v) is 8.51. The summed E-state index contributed by atoms with van der Waals surface area (Å²) in [6, 6.07) is 1.99. The van der Waals surface area contributed by atoms with Crippen molar-refractivity contribution in [1.82, 2.24) is 14.3 Å². The number of rotatable bonds is 2. The molecule has 1 atom stereocenters. The number of nitrogens with zero attached hydrogens (tertiary/aromatic N) is 4. The first-order chi connectivity index (χ1) is 10.9. The lowest BCUT2D eigenvalue weighted by Gasteiger charge is -2.38. The molecule has 2 N–H and O–H groups in total. The molecule has 0 aromatic carbocycles. The highest BCUT2D eigenvalue weighted by atomic mass is 32.2. The van der Waals surface area contributed by atoms with Crippen LogP contribution in [0.2, 0.25) is 0 Å². The van der Waals surface area contributed by atoms with Crippen LogP contribution in [-0.2, 0) is 10.0 Å². The van der Waals surface area contributed by atoms with Crippen molar-refractivity contribution in [3.05, 3.63) is 18.5 Å². The van der Waals surface area contributed by atoms with Crippen LogP contribution in [0.4, 0.5) is 11.4 Å². The maximum absolute atomic E-state index is 11.7. The second kappa shape index (κ2) is 4.83. The van der Waals surface area contributed by atoms with E-state index in [0.717, 1.165) is 40.3 Å². The van der Waals surface area contributed by atoms with Gasteiger partial charge in [0.15, 0.2) is 11.4 Å². The Morgan fingerprint density at radius 2 is 2.09 bits per heavy atom. The average Bonchev–Trinajstić information content (AvgIpc) is 3.12. The largest absolute Gasteiger partial charge is 0.346 e. The van der Waals surface area contributed by atoms with Crippen molar-refractivity contribution in [3.63, 3.8) is 0 Å². The Kier molecular flexibility index (Phi) is 3.09. The van der Waals surface area contributed by atoms with E-state index >= 15 is 0 Å². The lowest BCUT2D eigenvalue weighted by molar-refractivity contribution is -0.897. The van der Waals surface area contributed by atoms with E-state index in [4.69, 9.17) is 0 Å². The van der Waals surface area contributed by atoms with Crippen molar-refractivity contribution in [3.8, 4) is 0 Å². The Balaban J connectivity index is 1.69. The molecule has 2 aromatic heterocycles. The fourth-order valence-electron chi connectivity index (χ4n) is 3.45. The number of quaternary nitrogens is 1. The molecule has 4 rings (SSSR count). The topological polar surface area (TPSA) is 95.2 Å². The molecule has 0 bridgehead atoms. The summed E-state index contributed by atoms with van der Waals surface area (Å²) >= 11 is 0. The SMILES string of the molecule is CC1([NH+]2N=Nc3cnc4[nH]ccc4c32)CCN(S(C)(=O)=O)CC1. The number of nitrogens with one attached hydrogen (secondary N) is 2. The maximum Gasteiger partial charge on any atom is 0.211 e. The van der Waals surface area contributed by atoms with Crippen molar-refractivity contribution in [2.24, 2.45) is 10.3 Å². The molecule has 4 heterocycles. The predicted molar refractivity (Wildman–Crippen MR) is 85.3 cm³/mol. The van der Waals surface area contributed by atoms with Crippen molar-refractivity contribution < 1.29 is 13.4 Å². The van der Waals surface area contributed by atoms with Gasteiger partial charge in [0, 0.05) is 37.4 Å². The van der Waals surface area contributed by atoms with Gasteiger partial charge in [0.05, 0.1) is 17.8 Å². The van der Waals surface area contributed by atoms with E-state index in [1.807, 2.05) is 12.3 Å². The Labute approximate surface area is 134 Å². The maximum atomic E-state index is 11.7. The summed E-state index contributed by atoms with van der Waals surface area (Å²) in [5.74, 6) is 0. The molecule has 1 unspecified atom stereocenters. The van der Waals surface area contributed by atoms with E-state index in [-0.39, 0.29) is 5.54 Å². The predicted octanol–water partition coefficient (Wildman–Crippen LogP) is 0.906. The monoisotopic (exact) mass is 335 g/mol. The van der Waals surface area contributed by atoms with Gasteiger partial charge >= 0.3 is 0 Å². The molecule has 122 valence electrons. The zero-order valence-electron chi connectivity index (χ0n) is 13.1. The smallest absolute Gasteiger partial charge is 0.211 e. The molecule has 9 heteroatoms. The number of fused-ring (bicyclic) bond motifs is 3. The zero-order chi connectivity index (χ0) is 16.2. The van der Waals surface area contributed by atoms with Gasteiger partial charge in [0.2, 0.25) is 10.0 Å². The molecule has 0 radical (unpaired) electrons. The molecule has 0 spiro atoms. The molecule has 1 fully saturated rings. The fourth-order valence-corrected chi connectivity index (χ4v) is 4.29. The summed E-state index contributed by atoms with van der Waals surface area (Å²) < 4.78 is 25.0. The summed E-state index contributed by atoms with van der Waals surface area (Å²) in [4.78, 5) is 7.47. The number of H-pyrrole nitrogens is 1. The molecule has 2 aliphatic heterocycles. The first kappa shape index (κ1) is 14.7. The van der Waals surface area contributed by atoms with Crippen LogP contribution in [0.15, 0.2) is 28.8 Å². The van der Waals surface area contributed by atoms with Crippen LogP contribution in [0, 0.1) is 0 Å². The van der Waals surface area contributed by atoms with E-state index in [0.29, 0.717) is 13.1 Å². The van der Waals surface area contributed by atoms with E-state index < -0.39 is 10.0 Å². The molecule has 23 heavy (non-hydrogen) atoms. The standard InChI is InChI=1S/C14H18N6O2S/c1-14(4-7-19(8-5-14)23(2,21)22)20-12-10-3-6-15-13(10)16-9-11(12)17-18-20/h3,6,9H,4-5,7-8H2,1-2H3,(H,15,16)/p+1. The summed E-state index contributed by atoms with van der Waals surface area (Å²) in [5.41, 5.74) is 2.47. The van der Waals surface area contributed by atoms with E-state index in [9.17, 15) is 8.42 Å². The Morgan fingerprint density at radius 1 is 1.35 bits per heavy atom. The lowest BCUT2D eigenvalue weighted by Crippen LogP contribution is -3.11. The van der Waals surface area contributed by atoms with Gasteiger partial charge < -0.3 is 4.98 Å². The van der Waals surface area contributed by atoms with Gasteiger partial charge in [-0.2, -0.15) is 5.01 Å². The minimum Gasteiger partial charge on any atom is -0.346 e. The van der Waals surface area contributed by atoms with Crippen molar-refractivity contribution in [2.45, 2.75) is 25.3 Å². The molecule has 2 aromatic rings. The quantitative estimate of drug-likeness (QED) is 0.854. The number of aromatic amines is 1. The third-order valence-corrected chi connectivity index (χ3v) is 6.23. The Hall–Kier alpha value is -1.84. The van der Waals surface area contributed by atoms with E-state index in [1.165, 1.54) is 6.26 Å². The number of pyridine rings is 1. The normalized spacial score (nSPS) is 24.2. The lowest BCUT2D eigenvalue weighted by atomic mass is 9.89. The van der Waals surface area contributed by atoms with Gasteiger partial charge in [0.25, 0.3) is 0 Å². The fraction of sp³-hybridized carbons (Fsp3) is 0.500. The highest BCUT2D eigenvalue weighted by Crippen LogP contribution is 2.34. The first-order valence-electron chi connectivity index (χ1n) is 7.59.